The second kappa shape index (κ2) is 9.89. The van der Waals surface area contributed by atoms with E-state index in [1.165, 1.54) is 31.7 Å². The third-order valence-corrected chi connectivity index (χ3v) is 5.75. The maximum atomic E-state index is 14.6. The van der Waals surface area contributed by atoms with Gasteiger partial charge in [-0.25, -0.2) is 9.37 Å². The zero-order valence-corrected chi connectivity index (χ0v) is 17.3. The molecule has 1 amide bonds. The fraction of sp³-hybridized carbons (Fsp3) is 0.478. The summed E-state index contributed by atoms with van der Waals surface area (Å²) >= 11 is 0. The number of hydrogen-bond donors (Lipinski definition) is 1. The SMILES string of the molecule is O=C(NCc1ccnc(N2CCCCCC2)c1)c1ccc(N2CCOCC2)c(F)c1. The van der Waals surface area contributed by atoms with Crippen LogP contribution in [0.4, 0.5) is 15.9 Å². The number of amides is 1. The van der Waals surface area contributed by atoms with Gasteiger partial charge in [0.25, 0.3) is 5.91 Å². The van der Waals surface area contributed by atoms with Crippen molar-refractivity contribution in [1.82, 2.24) is 10.3 Å². The molecule has 1 N–H and O–H groups in total. The van der Waals surface area contributed by atoms with Gasteiger partial charge in [0.1, 0.15) is 11.6 Å². The second-order valence-corrected chi connectivity index (χ2v) is 7.87. The van der Waals surface area contributed by atoms with E-state index in [9.17, 15) is 9.18 Å². The molecule has 2 fully saturated rings. The van der Waals surface area contributed by atoms with Gasteiger partial charge in [0.15, 0.2) is 0 Å². The van der Waals surface area contributed by atoms with Crippen LogP contribution in [-0.2, 0) is 11.3 Å². The summed E-state index contributed by atoms with van der Waals surface area (Å²) in [4.78, 5) is 21.3. The molecule has 0 radical (unpaired) electrons. The third kappa shape index (κ3) is 5.08. The Morgan fingerprint density at radius 3 is 2.50 bits per heavy atom. The Labute approximate surface area is 177 Å². The molecule has 2 saturated heterocycles. The summed E-state index contributed by atoms with van der Waals surface area (Å²) < 4.78 is 19.9. The second-order valence-electron chi connectivity index (χ2n) is 7.87. The zero-order valence-electron chi connectivity index (χ0n) is 17.3. The van der Waals surface area contributed by atoms with Crippen LogP contribution in [-0.4, -0.2) is 50.3 Å². The number of morpholine rings is 1. The van der Waals surface area contributed by atoms with Crippen LogP contribution in [0.15, 0.2) is 36.5 Å². The number of rotatable bonds is 5. The Kier molecular flexibility index (Phi) is 6.79. The predicted octanol–water partition coefficient (Wildman–Crippen LogP) is 3.37. The van der Waals surface area contributed by atoms with Crippen LogP contribution in [0.3, 0.4) is 0 Å². The predicted molar refractivity (Wildman–Crippen MR) is 116 cm³/mol. The van der Waals surface area contributed by atoms with E-state index in [0.717, 1.165) is 24.5 Å². The molecule has 30 heavy (non-hydrogen) atoms. The van der Waals surface area contributed by atoms with E-state index < -0.39 is 0 Å². The maximum absolute atomic E-state index is 14.6. The average molecular weight is 413 g/mol. The summed E-state index contributed by atoms with van der Waals surface area (Å²) in [6, 6.07) is 8.62. The van der Waals surface area contributed by atoms with E-state index in [1.54, 1.807) is 18.3 Å². The fourth-order valence-electron chi connectivity index (χ4n) is 4.04. The molecule has 0 aliphatic carbocycles. The standard InChI is InChI=1S/C23H29FN4O2/c24-20-16-19(5-6-21(20)27-11-13-30-14-12-27)23(29)26-17-18-7-8-25-22(15-18)28-9-3-1-2-4-10-28/h5-8,15-16H,1-4,9-14,17H2,(H,26,29). The Bertz CT molecular complexity index is 862. The van der Waals surface area contributed by atoms with E-state index in [0.29, 0.717) is 44.1 Å². The number of carbonyl (C=O) groups is 1. The van der Waals surface area contributed by atoms with Crippen molar-refractivity contribution < 1.29 is 13.9 Å². The van der Waals surface area contributed by atoms with Crippen LogP contribution in [0, 0.1) is 5.82 Å². The van der Waals surface area contributed by atoms with E-state index in [-0.39, 0.29) is 11.7 Å². The van der Waals surface area contributed by atoms with Crippen molar-refractivity contribution in [2.75, 3.05) is 49.2 Å². The largest absolute Gasteiger partial charge is 0.378 e. The van der Waals surface area contributed by atoms with Crippen LogP contribution in [0.25, 0.3) is 0 Å². The van der Waals surface area contributed by atoms with Gasteiger partial charge in [-0.05, 0) is 48.7 Å². The van der Waals surface area contributed by atoms with Gasteiger partial charge >= 0.3 is 0 Å². The van der Waals surface area contributed by atoms with Crippen LogP contribution < -0.4 is 15.1 Å². The van der Waals surface area contributed by atoms with Crippen LogP contribution in [0.1, 0.15) is 41.6 Å². The highest BCUT2D eigenvalue weighted by atomic mass is 19.1. The number of pyridine rings is 1. The molecule has 2 aliphatic rings. The minimum Gasteiger partial charge on any atom is -0.378 e. The first-order chi connectivity index (χ1) is 14.7. The van der Waals surface area contributed by atoms with Gasteiger partial charge in [0, 0.05) is 44.5 Å². The smallest absolute Gasteiger partial charge is 0.251 e. The summed E-state index contributed by atoms with van der Waals surface area (Å²) in [6.45, 7) is 4.93. The van der Waals surface area contributed by atoms with Gasteiger partial charge in [-0.1, -0.05) is 12.8 Å². The molecular formula is C23H29FN4O2. The third-order valence-electron chi connectivity index (χ3n) is 5.75. The average Bonchev–Trinajstić information content (AvgIpc) is 3.08. The van der Waals surface area contributed by atoms with Crippen LogP contribution >= 0.6 is 0 Å². The van der Waals surface area contributed by atoms with Crippen LogP contribution in [0.5, 0.6) is 0 Å². The quantitative estimate of drug-likeness (QED) is 0.816. The topological polar surface area (TPSA) is 57.7 Å². The molecule has 0 saturated carbocycles. The first-order valence-electron chi connectivity index (χ1n) is 10.8. The van der Waals surface area contributed by atoms with Gasteiger partial charge in [0.2, 0.25) is 0 Å². The molecule has 0 spiro atoms. The van der Waals surface area contributed by atoms with Crippen molar-refractivity contribution in [3.63, 3.8) is 0 Å². The zero-order chi connectivity index (χ0) is 20.8. The normalized spacial score (nSPS) is 17.5. The van der Waals surface area contributed by atoms with Crippen LogP contribution in [0.2, 0.25) is 0 Å². The summed E-state index contributed by atoms with van der Waals surface area (Å²) in [6.07, 6.45) is 6.71. The molecule has 0 unspecified atom stereocenters. The molecule has 7 heteroatoms. The fourth-order valence-corrected chi connectivity index (χ4v) is 4.04. The lowest BCUT2D eigenvalue weighted by Gasteiger charge is -2.29. The van der Waals surface area contributed by atoms with Gasteiger partial charge in [-0.3, -0.25) is 4.79 Å². The molecule has 2 aliphatic heterocycles. The lowest BCUT2D eigenvalue weighted by atomic mass is 10.1. The number of carbonyl (C=O) groups excluding carboxylic acids is 1. The summed E-state index contributed by atoms with van der Waals surface area (Å²) in [5.41, 5.74) is 1.83. The summed E-state index contributed by atoms with van der Waals surface area (Å²) in [5, 5.41) is 2.90. The van der Waals surface area contributed by atoms with Gasteiger partial charge in [0.05, 0.1) is 18.9 Å². The molecule has 2 aromatic rings. The lowest BCUT2D eigenvalue weighted by molar-refractivity contribution is 0.0950. The Balaban J connectivity index is 1.37. The number of nitrogens with one attached hydrogen (secondary N) is 1. The minimum atomic E-state index is -0.378. The van der Waals surface area contributed by atoms with E-state index in [4.69, 9.17) is 4.74 Å². The highest BCUT2D eigenvalue weighted by molar-refractivity contribution is 5.94. The molecular weight excluding hydrogens is 383 g/mol. The molecule has 0 atom stereocenters. The molecule has 3 heterocycles. The highest BCUT2D eigenvalue weighted by Crippen LogP contribution is 2.22. The summed E-state index contributed by atoms with van der Waals surface area (Å²) in [7, 11) is 0. The van der Waals surface area contributed by atoms with Crippen molar-refractivity contribution in [3.8, 4) is 0 Å². The Hall–Kier alpha value is -2.67. The molecule has 160 valence electrons. The Morgan fingerprint density at radius 2 is 1.77 bits per heavy atom. The number of benzene rings is 1. The molecule has 1 aromatic carbocycles. The number of halogens is 1. The first-order valence-corrected chi connectivity index (χ1v) is 10.8. The molecule has 4 rings (SSSR count). The summed E-state index contributed by atoms with van der Waals surface area (Å²) in [5.74, 6) is 0.303. The monoisotopic (exact) mass is 412 g/mol. The Morgan fingerprint density at radius 1 is 1.00 bits per heavy atom. The van der Waals surface area contributed by atoms with Gasteiger partial charge < -0.3 is 19.9 Å². The number of ether oxygens (including phenoxy) is 1. The lowest BCUT2D eigenvalue weighted by Crippen LogP contribution is -2.36. The van der Waals surface area contributed by atoms with Crippen molar-refractivity contribution in [3.05, 3.63) is 53.5 Å². The number of anilines is 2. The molecule has 1 aromatic heterocycles. The highest BCUT2D eigenvalue weighted by Gasteiger charge is 2.17. The van der Waals surface area contributed by atoms with Crippen molar-refractivity contribution >= 4 is 17.4 Å². The van der Waals surface area contributed by atoms with Crippen molar-refractivity contribution in [2.24, 2.45) is 0 Å². The van der Waals surface area contributed by atoms with Crippen molar-refractivity contribution in [1.29, 1.82) is 0 Å². The number of nitrogens with zero attached hydrogens (tertiary/aromatic N) is 3. The van der Waals surface area contributed by atoms with Gasteiger partial charge in [-0.15, -0.1) is 0 Å². The van der Waals surface area contributed by atoms with Crippen molar-refractivity contribution in [2.45, 2.75) is 32.2 Å². The molecule has 6 nitrogen and oxygen atoms in total. The van der Waals surface area contributed by atoms with E-state index in [1.807, 2.05) is 17.0 Å². The van der Waals surface area contributed by atoms with Gasteiger partial charge in [-0.2, -0.15) is 0 Å². The minimum absolute atomic E-state index is 0.282. The number of hydrogen-bond acceptors (Lipinski definition) is 5. The van der Waals surface area contributed by atoms with E-state index in [2.05, 4.69) is 15.2 Å². The first kappa shape index (κ1) is 20.6. The maximum Gasteiger partial charge on any atom is 0.251 e. The number of aromatic nitrogens is 1. The molecule has 0 bridgehead atoms. The van der Waals surface area contributed by atoms with E-state index >= 15 is 0 Å².